The van der Waals surface area contributed by atoms with E-state index >= 15 is 0 Å². The third-order valence-corrected chi connectivity index (χ3v) is 7.34. The fraction of sp³-hybridized carbons (Fsp3) is 0.156. The highest BCUT2D eigenvalue weighted by atomic mass is 35.5. The summed E-state index contributed by atoms with van der Waals surface area (Å²) in [7, 11) is 0. The van der Waals surface area contributed by atoms with Gasteiger partial charge in [0.1, 0.15) is 18.2 Å². The molecule has 6 rings (SSSR count). The van der Waals surface area contributed by atoms with Crippen LogP contribution in [0.4, 0.5) is 0 Å². The molecular formula is C32H26ClNO3. The third kappa shape index (κ3) is 4.66. The Hall–Kier alpha value is -3.86. The van der Waals surface area contributed by atoms with Gasteiger partial charge in [0.25, 0.3) is 0 Å². The van der Waals surface area contributed by atoms with Crippen molar-refractivity contribution in [2.24, 2.45) is 0 Å². The van der Waals surface area contributed by atoms with Crippen molar-refractivity contribution < 1.29 is 14.3 Å². The quantitative estimate of drug-likeness (QED) is 0.265. The predicted octanol–water partition coefficient (Wildman–Crippen LogP) is 7.33. The van der Waals surface area contributed by atoms with Gasteiger partial charge >= 0.3 is 0 Å². The molecule has 5 heteroatoms. The van der Waals surface area contributed by atoms with Gasteiger partial charge in [-0.1, -0.05) is 84.4 Å². The molecule has 4 nitrogen and oxygen atoms in total. The normalized spacial score (nSPS) is 15.7. The SMILES string of the molecule is Cc1c2c(cc3c1O/C(=C\c1ccc(-c4ccccc4)cc1)C3=O)CN(CCc1ccccc1Cl)CO2. The summed E-state index contributed by atoms with van der Waals surface area (Å²) in [6, 6.07) is 28.2. The van der Waals surface area contributed by atoms with Crippen LogP contribution in [0.25, 0.3) is 17.2 Å². The monoisotopic (exact) mass is 507 g/mol. The molecule has 4 aromatic rings. The molecule has 0 saturated carbocycles. The van der Waals surface area contributed by atoms with Crippen molar-refractivity contribution in [3.05, 3.63) is 124 Å². The molecule has 0 unspecified atom stereocenters. The highest BCUT2D eigenvalue weighted by Crippen LogP contribution is 2.43. The molecule has 0 amide bonds. The summed E-state index contributed by atoms with van der Waals surface area (Å²) in [5.41, 5.74) is 6.80. The standard InChI is InChI=1S/C32H26ClNO3/c1-21-31-26(19-34(20-36-31)16-15-25-9-5-6-10-28(25)33)18-27-30(35)29(37-32(21)27)17-22-11-13-24(14-12-22)23-7-3-2-4-8-23/h2-14,17-18H,15-16,19-20H2,1H3/b29-17-. The number of hydrogen-bond donors (Lipinski definition) is 0. The topological polar surface area (TPSA) is 38.8 Å². The van der Waals surface area contributed by atoms with E-state index in [1.807, 2.05) is 67.6 Å². The second kappa shape index (κ2) is 9.89. The molecule has 0 bridgehead atoms. The zero-order valence-corrected chi connectivity index (χ0v) is 21.3. The lowest BCUT2D eigenvalue weighted by Crippen LogP contribution is -2.34. The maximum atomic E-state index is 13.3. The Kier molecular flexibility index (Phi) is 6.29. The Labute approximate surface area is 221 Å². The zero-order chi connectivity index (χ0) is 25.4. The van der Waals surface area contributed by atoms with Crippen molar-refractivity contribution in [3.63, 3.8) is 0 Å². The van der Waals surface area contributed by atoms with Crippen molar-refractivity contribution in [3.8, 4) is 22.6 Å². The molecule has 0 atom stereocenters. The Morgan fingerprint density at radius 1 is 0.919 bits per heavy atom. The number of hydrogen-bond acceptors (Lipinski definition) is 4. The number of fused-ring (bicyclic) bond motifs is 2. The number of ketones is 1. The number of ether oxygens (including phenoxy) is 2. The average molecular weight is 508 g/mol. The Morgan fingerprint density at radius 2 is 1.65 bits per heavy atom. The molecule has 0 aromatic heterocycles. The van der Waals surface area contributed by atoms with Gasteiger partial charge in [-0.05, 0) is 53.8 Å². The minimum atomic E-state index is -0.0961. The average Bonchev–Trinajstić information content (AvgIpc) is 3.24. The van der Waals surface area contributed by atoms with Crippen LogP contribution in [0.1, 0.15) is 32.6 Å². The zero-order valence-electron chi connectivity index (χ0n) is 20.5. The maximum absolute atomic E-state index is 13.3. The first-order valence-electron chi connectivity index (χ1n) is 12.4. The molecule has 184 valence electrons. The smallest absolute Gasteiger partial charge is 0.231 e. The first-order valence-corrected chi connectivity index (χ1v) is 12.8. The summed E-state index contributed by atoms with van der Waals surface area (Å²) in [5.74, 6) is 1.65. The molecule has 0 spiro atoms. The van der Waals surface area contributed by atoms with Gasteiger partial charge in [0.2, 0.25) is 5.78 Å². The van der Waals surface area contributed by atoms with E-state index in [1.165, 1.54) is 0 Å². The minimum absolute atomic E-state index is 0.0961. The predicted molar refractivity (Wildman–Crippen MR) is 147 cm³/mol. The first kappa shape index (κ1) is 23.5. The van der Waals surface area contributed by atoms with Crippen LogP contribution in [-0.2, 0) is 13.0 Å². The van der Waals surface area contributed by atoms with Crippen molar-refractivity contribution in [2.75, 3.05) is 13.3 Å². The van der Waals surface area contributed by atoms with Gasteiger partial charge in [0.15, 0.2) is 5.76 Å². The summed E-state index contributed by atoms with van der Waals surface area (Å²) >= 11 is 6.32. The second-order valence-electron chi connectivity index (χ2n) is 9.46. The van der Waals surface area contributed by atoms with Gasteiger partial charge in [-0.15, -0.1) is 0 Å². The number of Topliss-reactive ketones (excluding diaryl/α,β-unsaturated/α-hetero) is 1. The van der Waals surface area contributed by atoms with Gasteiger partial charge in [-0.3, -0.25) is 9.69 Å². The van der Waals surface area contributed by atoms with Crippen LogP contribution in [0, 0.1) is 6.92 Å². The summed E-state index contributed by atoms with van der Waals surface area (Å²) in [4.78, 5) is 15.5. The van der Waals surface area contributed by atoms with Gasteiger partial charge in [-0.25, -0.2) is 0 Å². The van der Waals surface area contributed by atoms with E-state index < -0.39 is 0 Å². The fourth-order valence-corrected chi connectivity index (χ4v) is 5.20. The third-order valence-electron chi connectivity index (χ3n) is 6.97. The Morgan fingerprint density at radius 3 is 2.43 bits per heavy atom. The number of benzene rings is 4. The molecule has 4 aromatic carbocycles. The van der Waals surface area contributed by atoms with E-state index in [-0.39, 0.29) is 5.78 Å². The Balaban J connectivity index is 1.20. The van der Waals surface area contributed by atoms with E-state index in [1.54, 1.807) is 0 Å². The van der Waals surface area contributed by atoms with Gasteiger partial charge < -0.3 is 9.47 Å². The van der Waals surface area contributed by atoms with E-state index in [9.17, 15) is 4.79 Å². The van der Waals surface area contributed by atoms with E-state index in [0.717, 1.165) is 57.1 Å². The van der Waals surface area contributed by atoms with Crippen molar-refractivity contribution in [1.82, 2.24) is 4.90 Å². The van der Waals surface area contributed by atoms with Crippen LogP contribution in [0.2, 0.25) is 5.02 Å². The van der Waals surface area contributed by atoms with E-state index in [0.29, 0.717) is 30.3 Å². The van der Waals surface area contributed by atoms with Gasteiger partial charge in [0.05, 0.1) is 5.56 Å². The molecule has 0 aliphatic carbocycles. The molecule has 2 aliphatic heterocycles. The summed E-state index contributed by atoms with van der Waals surface area (Å²) < 4.78 is 12.2. The summed E-state index contributed by atoms with van der Waals surface area (Å²) in [6.45, 7) is 3.97. The van der Waals surface area contributed by atoms with Crippen LogP contribution in [0.15, 0.2) is 90.7 Å². The van der Waals surface area contributed by atoms with Gasteiger partial charge in [0, 0.05) is 29.2 Å². The van der Waals surface area contributed by atoms with Crippen molar-refractivity contribution >= 4 is 23.5 Å². The molecule has 2 heterocycles. The van der Waals surface area contributed by atoms with Crippen molar-refractivity contribution in [1.29, 1.82) is 0 Å². The largest absolute Gasteiger partial charge is 0.477 e. The van der Waals surface area contributed by atoms with Crippen LogP contribution in [0.3, 0.4) is 0 Å². The molecular weight excluding hydrogens is 482 g/mol. The molecule has 0 fully saturated rings. The Bertz CT molecular complexity index is 1510. The van der Waals surface area contributed by atoms with Crippen molar-refractivity contribution in [2.45, 2.75) is 19.9 Å². The molecule has 37 heavy (non-hydrogen) atoms. The van der Waals surface area contributed by atoms with Crippen LogP contribution < -0.4 is 9.47 Å². The highest BCUT2D eigenvalue weighted by molar-refractivity contribution is 6.31. The summed E-state index contributed by atoms with van der Waals surface area (Å²) in [6.07, 6.45) is 2.65. The number of carbonyl (C=O) groups is 1. The molecule has 2 aliphatic rings. The lowest BCUT2D eigenvalue weighted by molar-refractivity contribution is 0.0954. The minimum Gasteiger partial charge on any atom is -0.477 e. The first-order chi connectivity index (χ1) is 18.1. The maximum Gasteiger partial charge on any atom is 0.231 e. The van der Waals surface area contributed by atoms with Crippen LogP contribution >= 0.6 is 11.6 Å². The number of nitrogens with zero attached hydrogens (tertiary/aromatic N) is 1. The fourth-order valence-electron chi connectivity index (χ4n) is 4.97. The number of rotatable bonds is 5. The van der Waals surface area contributed by atoms with Crippen LogP contribution in [0.5, 0.6) is 11.5 Å². The summed E-state index contributed by atoms with van der Waals surface area (Å²) in [5, 5.41) is 0.784. The molecule has 0 radical (unpaired) electrons. The number of allylic oxidation sites excluding steroid dienone is 1. The number of carbonyl (C=O) groups excluding carboxylic acids is 1. The van der Waals surface area contributed by atoms with E-state index in [2.05, 4.69) is 35.2 Å². The molecule has 0 N–H and O–H groups in total. The number of halogens is 1. The van der Waals surface area contributed by atoms with E-state index in [4.69, 9.17) is 21.1 Å². The van der Waals surface area contributed by atoms with Crippen LogP contribution in [-0.4, -0.2) is 24.0 Å². The lowest BCUT2D eigenvalue weighted by Gasteiger charge is -2.30. The molecule has 0 saturated heterocycles. The highest BCUT2D eigenvalue weighted by Gasteiger charge is 2.33. The second-order valence-corrected chi connectivity index (χ2v) is 9.87. The lowest BCUT2D eigenvalue weighted by atomic mass is 9.99. The van der Waals surface area contributed by atoms with Gasteiger partial charge in [-0.2, -0.15) is 0 Å².